The molecule has 1 aromatic carbocycles. The Balaban J connectivity index is 2.41. The van der Waals surface area contributed by atoms with Crippen LogP contribution in [0, 0.1) is 0 Å². The minimum atomic E-state index is -0.810. The molecule has 23 heavy (non-hydrogen) atoms. The van der Waals surface area contributed by atoms with E-state index in [1.54, 1.807) is 19.9 Å². The lowest BCUT2D eigenvalue weighted by atomic mass is 10.1. The third kappa shape index (κ3) is 4.05. The van der Waals surface area contributed by atoms with Crippen LogP contribution in [0.15, 0.2) is 27.4 Å². The van der Waals surface area contributed by atoms with Gasteiger partial charge in [-0.1, -0.05) is 24.9 Å². The molecule has 0 aliphatic heterocycles. The highest BCUT2D eigenvalue weighted by molar-refractivity contribution is 6.32. The molecule has 2 rings (SSSR count). The first-order valence-electron chi connectivity index (χ1n) is 7.55. The second kappa shape index (κ2) is 7.51. The van der Waals surface area contributed by atoms with Gasteiger partial charge in [0.05, 0.1) is 11.6 Å². The summed E-state index contributed by atoms with van der Waals surface area (Å²) in [5.74, 6) is -0.207. The van der Waals surface area contributed by atoms with Gasteiger partial charge in [-0.3, -0.25) is 0 Å². The first kappa shape index (κ1) is 17.3. The summed E-state index contributed by atoms with van der Waals surface area (Å²) >= 11 is 6.24. The minimum Gasteiger partial charge on any atom is -0.477 e. The number of rotatable bonds is 6. The fourth-order valence-corrected chi connectivity index (χ4v) is 2.50. The maximum Gasteiger partial charge on any atom is 0.347 e. The molecule has 0 bridgehead atoms. The van der Waals surface area contributed by atoms with E-state index in [9.17, 15) is 9.59 Å². The average molecular weight is 339 g/mol. The average Bonchev–Trinajstić information content (AvgIpc) is 2.49. The molecule has 0 radical (unpaired) electrons. The zero-order valence-corrected chi connectivity index (χ0v) is 14.1. The van der Waals surface area contributed by atoms with Crippen molar-refractivity contribution in [1.29, 1.82) is 0 Å². The Hall–Kier alpha value is -2.01. The molecule has 0 spiro atoms. The SMILES string of the molecule is CCCc1cc(=O)oc2cc(OC(C)C(=O)OCC)c(Cl)cc12. The van der Waals surface area contributed by atoms with Gasteiger partial charge >= 0.3 is 11.6 Å². The van der Waals surface area contributed by atoms with Crippen LogP contribution in [-0.2, 0) is 16.0 Å². The Morgan fingerprint density at radius 3 is 2.70 bits per heavy atom. The van der Waals surface area contributed by atoms with Gasteiger partial charge in [0.2, 0.25) is 0 Å². The van der Waals surface area contributed by atoms with Crippen molar-refractivity contribution < 1.29 is 18.7 Å². The molecular formula is C17H19ClO5. The van der Waals surface area contributed by atoms with E-state index >= 15 is 0 Å². The van der Waals surface area contributed by atoms with Crippen LogP contribution in [-0.4, -0.2) is 18.7 Å². The summed E-state index contributed by atoms with van der Waals surface area (Å²) in [6, 6.07) is 4.70. The smallest absolute Gasteiger partial charge is 0.347 e. The molecule has 0 aliphatic carbocycles. The molecule has 1 unspecified atom stereocenters. The lowest BCUT2D eigenvalue weighted by Gasteiger charge is -2.15. The number of esters is 1. The monoisotopic (exact) mass is 338 g/mol. The molecule has 0 N–H and O–H groups in total. The summed E-state index contributed by atoms with van der Waals surface area (Å²) in [6.07, 6.45) is 0.835. The number of hydrogen-bond donors (Lipinski definition) is 0. The van der Waals surface area contributed by atoms with Crippen molar-refractivity contribution in [3.8, 4) is 5.75 Å². The molecule has 6 heteroatoms. The molecule has 2 aromatic rings. The Morgan fingerprint density at radius 1 is 1.30 bits per heavy atom. The molecule has 5 nitrogen and oxygen atoms in total. The molecule has 0 amide bonds. The number of fused-ring (bicyclic) bond motifs is 1. The normalized spacial score (nSPS) is 12.2. The number of carbonyl (C=O) groups is 1. The van der Waals surface area contributed by atoms with Crippen LogP contribution in [0.4, 0.5) is 0 Å². The molecule has 1 atom stereocenters. The zero-order chi connectivity index (χ0) is 17.0. The third-order valence-electron chi connectivity index (χ3n) is 3.32. The summed E-state index contributed by atoms with van der Waals surface area (Å²) in [5, 5.41) is 1.12. The Bertz CT molecular complexity index is 765. The summed E-state index contributed by atoms with van der Waals surface area (Å²) in [6.45, 7) is 5.59. The van der Waals surface area contributed by atoms with Gasteiger partial charge in [0.15, 0.2) is 6.10 Å². The lowest BCUT2D eigenvalue weighted by Crippen LogP contribution is -2.26. The van der Waals surface area contributed by atoms with E-state index in [1.165, 1.54) is 12.1 Å². The van der Waals surface area contributed by atoms with Crippen molar-refractivity contribution in [2.24, 2.45) is 0 Å². The number of hydrogen-bond acceptors (Lipinski definition) is 5. The Kier molecular flexibility index (Phi) is 5.66. The van der Waals surface area contributed by atoms with Crippen LogP contribution in [0.5, 0.6) is 5.75 Å². The molecule has 124 valence electrons. The lowest BCUT2D eigenvalue weighted by molar-refractivity contribution is -0.150. The van der Waals surface area contributed by atoms with Gasteiger partial charge in [-0.2, -0.15) is 0 Å². The van der Waals surface area contributed by atoms with Crippen molar-refractivity contribution in [1.82, 2.24) is 0 Å². The van der Waals surface area contributed by atoms with Crippen LogP contribution in [0.2, 0.25) is 5.02 Å². The molecule has 0 saturated carbocycles. The van der Waals surface area contributed by atoms with Crippen LogP contribution < -0.4 is 10.4 Å². The fraction of sp³-hybridized carbons (Fsp3) is 0.412. The molecular weight excluding hydrogens is 320 g/mol. The number of aryl methyl sites for hydroxylation is 1. The van der Waals surface area contributed by atoms with E-state index < -0.39 is 17.7 Å². The molecule has 1 aromatic heterocycles. The third-order valence-corrected chi connectivity index (χ3v) is 3.62. The largest absolute Gasteiger partial charge is 0.477 e. The molecule has 0 saturated heterocycles. The predicted octanol–water partition coefficient (Wildman–Crippen LogP) is 3.73. The van der Waals surface area contributed by atoms with E-state index in [2.05, 4.69) is 0 Å². The molecule has 0 fully saturated rings. The first-order chi connectivity index (χ1) is 11.0. The summed E-state index contributed by atoms with van der Waals surface area (Å²) < 4.78 is 15.7. The fourth-order valence-electron chi connectivity index (χ4n) is 2.29. The minimum absolute atomic E-state index is 0.271. The number of carbonyl (C=O) groups excluding carboxylic acids is 1. The van der Waals surface area contributed by atoms with Gasteiger partial charge in [-0.25, -0.2) is 9.59 Å². The standard InChI is InChI=1S/C17H19ClO5/c1-4-6-11-7-16(19)23-14-9-15(13(18)8-12(11)14)22-10(3)17(20)21-5-2/h7-10H,4-6H2,1-3H3. The van der Waals surface area contributed by atoms with Crippen LogP contribution >= 0.6 is 11.6 Å². The maximum absolute atomic E-state index is 11.7. The summed E-state index contributed by atoms with van der Waals surface area (Å²) in [7, 11) is 0. The highest BCUT2D eigenvalue weighted by atomic mass is 35.5. The summed E-state index contributed by atoms with van der Waals surface area (Å²) in [4.78, 5) is 23.3. The van der Waals surface area contributed by atoms with Crippen molar-refractivity contribution >= 4 is 28.5 Å². The highest BCUT2D eigenvalue weighted by Crippen LogP contribution is 2.32. The van der Waals surface area contributed by atoms with Crippen molar-refractivity contribution in [2.75, 3.05) is 6.61 Å². The zero-order valence-electron chi connectivity index (χ0n) is 13.3. The van der Waals surface area contributed by atoms with Gasteiger partial charge in [-0.05, 0) is 31.9 Å². The van der Waals surface area contributed by atoms with E-state index in [0.717, 1.165) is 23.8 Å². The second-order valence-corrected chi connectivity index (χ2v) is 5.54. The van der Waals surface area contributed by atoms with Crippen LogP contribution in [0.1, 0.15) is 32.8 Å². The Morgan fingerprint density at radius 2 is 2.04 bits per heavy atom. The van der Waals surface area contributed by atoms with Gasteiger partial charge in [0.25, 0.3) is 0 Å². The van der Waals surface area contributed by atoms with E-state index in [-0.39, 0.29) is 12.4 Å². The van der Waals surface area contributed by atoms with Gasteiger partial charge in [-0.15, -0.1) is 0 Å². The van der Waals surface area contributed by atoms with Gasteiger partial charge in [0, 0.05) is 17.5 Å². The van der Waals surface area contributed by atoms with E-state index in [0.29, 0.717) is 10.6 Å². The number of halogens is 1. The molecule has 1 heterocycles. The predicted molar refractivity (Wildman–Crippen MR) is 88.2 cm³/mol. The quantitative estimate of drug-likeness (QED) is 0.593. The van der Waals surface area contributed by atoms with Crippen molar-refractivity contribution in [3.63, 3.8) is 0 Å². The van der Waals surface area contributed by atoms with E-state index in [4.69, 9.17) is 25.5 Å². The van der Waals surface area contributed by atoms with Crippen LogP contribution in [0.3, 0.4) is 0 Å². The van der Waals surface area contributed by atoms with E-state index in [1.807, 2.05) is 6.92 Å². The highest BCUT2D eigenvalue weighted by Gasteiger charge is 2.18. The van der Waals surface area contributed by atoms with Gasteiger partial charge < -0.3 is 13.9 Å². The second-order valence-electron chi connectivity index (χ2n) is 5.13. The van der Waals surface area contributed by atoms with Crippen molar-refractivity contribution in [3.05, 3.63) is 39.2 Å². The molecule has 0 aliphatic rings. The van der Waals surface area contributed by atoms with Gasteiger partial charge in [0.1, 0.15) is 11.3 Å². The van der Waals surface area contributed by atoms with Crippen LogP contribution in [0.25, 0.3) is 11.0 Å². The number of ether oxygens (including phenoxy) is 2. The summed E-state index contributed by atoms with van der Waals surface area (Å²) in [5.41, 5.74) is 0.842. The maximum atomic E-state index is 11.7. The van der Waals surface area contributed by atoms with Crippen molar-refractivity contribution in [2.45, 2.75) is 39.7 Å². The first-order valence-corrected chi connectivity index (χ1v) is 7.93. The Labute approximate surface area is 139 Å². The topological polar surface area (TPSA) is 65.7 Å². The number of benzene rings is 1.